The summed E-state index contributed by atoms with van der Waals surface area (Å²) in [5, 5.41) is 15.8. The van der Waals surface area contributed by atoms with Gasteiger partial charge in [0.25, 0.3) is 5.91 Å². The summed E-state index contributed by atoms with van der Waals surface area (Å²) in [5.74, 6) is -0.199. The number of carbonyl (C=O) groups excluding carboxylic acids is 1. The molecule has 1 aromatic carbocycles. The Labute approximate surface area is 105 Å². The summed E-state index contributed by atoms with van der Waals surface area (Å²) in [6.45, 7) is 1.88. The molecule has 0 saturated heterocycles. The fourth-order valence-electron chi connectivity index (χ4n) is 1.75. The van der Waals surface area contributed by atoms with Gasteiger partial charge >= 0.3 is 0 Å². The number of amides is 1. The molecule has 1 amide bonds. The summed E-state index contributed by atoms with van der Waals surface area (Å²) >= 11 is 0. The third kappa shape index (κ3) is 2.41. The second-order valence-electron chi connectivity index (χ2n) is 4.10. The van der Waals surface area contributed by atoms with Crippen LogP contribution in [0.5, 0.6) is 0 Å². The van der Waals surface area contributed by atoms with E-state index in [2.05, 4.69) is 10.4 Å². The van der Waals surface area contributed by atoms with Gasteiger partial charge in [0.15, 0.2) is 0 Å². The average Bonchev–Trinajstić information content (AvgIpc) is 2.78. The highest BCUT2D eigenvalue weighted by atomic mass is 16.3. The van der Waals surface area contributed by atoms with E-state index >= 15 is 0 Å². The van der Waals surface area contributed by atoms with E-state index in [1.807, 2.05) is 13.0 Å². The lowest BCUT2D eigenvalue weighted by atomic mass is 10.1. The van der Waals surface area contributed by atoms with Gasteiger partial charge in [0.05, 0.1) is 6.61 Å². The summed E-state index contributed by atoms with van der Waals surface area (Å²) in [6.07, 6.45) is 1.58. The minimum absolute atomic E-state index is 0.00318. The monoisotopic (exact) mass is 245 g/mol. The summed E-state index contributed by atoms with van der Waals surface area (Å²) in [5.41, 5.74) is 2.97. The number of nitrogens with one attached hydrogen (secondary N) is 1. The molecule has 5 nitrogen and oxygen atoms in total. The van der Waals surface area contributed by atoms with Crippen molar-refractivity contribution in [3.8, 4) is 0 Å². The van der Waals surface area contributed by atoms with Gasteiger partial charge in [-0.25, -0.2) is 0 Å². The summed E-state index contributed by atoms with van der Waals surface area (Å²) in [4.78, 5) is 12.0. The van der Waals surface area contributed by atoms with Crippen LogP contribution in [0, 0.1) is 6.92 Å². The van der Waals surface area contributed by atoms with Gasteiger partial charge in [-0.05, 0) is 30.2 Å². The molecule has 0 unspecified atom stereocenters. The van der Waals surface area contributed by atoms with Gasteiger partial charge in [0.1, 0.15) is 5.69 Å². The molecule has 1 heterocycles. The van der Waals surface area contributed by atoms with Crippen LogP contribution in [0.4, 0.5) is 5.69 Å². The predicted octanol–water partition coefficient (Wildman–Crippen LogP) is 1.47. The van der Waals surface area contributed by atoms with Crippen molar-refractivity contribution in [2.75, 3.05) is 5.32 Å². The van der Waals surface area contributed by atoms with Gasteiger partial charge in [0.2, 0.25) is 0 Å². The van der Waals surface area contributed by atoms with E-state index in [0.29, 0.717) is 5.69 Å². The zero-order valence-corrected chi connectivity index (χ0v) is 10.3. The van der Waals surface area contributed by atoms with E-state index in [1.165, 1.54) is 4.68 Å². The van der Waals surface area contributed by atoms with Crippen molar-refractivity contribution in [1.82, 2.24) is 9.78 Å². The molecule has 0 aliphatic rings. The number of anilines is 1. The van der Waals surface area contributed by atoms with Crippen LogP contribution in [0.1, 0.15) is 21.6 Å². The van der Waals surface area contributed by atoms with Crippen molar-refractivity contribution >= 4 is 11.6 Å². The van der Waals surface area contributed by atoms with Crippen molar-refractivity contribution in [3.05, 3.63) is 47.3 Å². The molecule has 2 aromatic rings. The lowest BCUT2D eigenvalue weighted by molar-refractivity contribution is 0.101. The normalized spacial score (nSPS) is 10.4. The summed E-state index contributed by atoms with van der Waals surface area (Å²) in [7, 11) is 1.72. The van der Waals surface area contributed by atoms with E-state index in [9.17, 15) is 4.79 Å². The molecule has 1 aromatic heterocycles. The van der Waals surface area contributed by atoms with Crippen molar-refractivity contribution in [2.24, 2.45) is 7.05 Å². The van der Waals surface area contributed by atoms with Crippen LogP contribution in [0.25, 0.3) is 0 Å². The van der Waals surface area contributed by atoms with E-state index in [0.717, 1.165) is 16.8 Å². The molecule has 0 saturated carbocycles. The van der Waals surface area contributed by atoms with Crippen LogP contribution >= 0.6 is 0 Å². The zero-order valence-electron chi connectivity index (χ0n) is 10.3. The molecule has 5 heteroatoms. The molecule has 0 radical (unpaired) electrons. The number of aliphatic hydroxyl groups is 1. The van der Waals surface area contributed by atoms with Crippen LogP contribution < -0.4 is 5.32 Å². The van der Waals surface area contributed by atoms with Crippen molar-refractivity contribution in [1.29, 1.82) is 0 Å². The number of hydrogen-bond acceptors (Lipinski definition) is 3. The maximum atomic E-state index is 12.0. The van der Waals surface area contributed by atoms with Crippen molar-refractivity contribution in [3.63, 3.8) is 0 Å². The number of nitrogens with zero attached hydrogens (tertiary/aromatic N) is 2. The van der Waals surface area contributed by atoms with Crippen LogP contribution in [0.15, 0.2) is 30.5 Å². The van der Waals surface area contributed by atoms with E-state index in [-0.39, 0.29) is 12.5 Å². The maximum absolute atomic E-state index is 12.0. The minimum Gasteiger partial charge on any atom is -0.392 e. The summed E-state index contributed by atoms with van der Waals surface area (Å²) < 4.78 is 1.52. The van der Waals surface area contributed by atoms with Crippen molar-refractivity contribution in [2.45, 2.75) is 13.5 Å². The maximum Gasteiger partial charge on any atom is 0.273 e. The molecule has 2 N–H and O–H groups in total. The second kappa shape index (κ2) is 5.01. The number of aliphatic hydroxyl groups excluding tert-OH is 1. The van der Waals surface area contributed by atoms with Crippen LogP contribution in [0.2, 0.25) is 0 Å². The molecular weight excluding hydrogens is 230 g/mol. The highest BCUT2D eigenvalue weighted by Gasteiger charge is 2.11. The Bertz CT molecular complexity index is 575. The van der Waals surface area contributed by atoms with Gasteiger partial charge in [-0.1, -0.05) is 12.1 Å². The molecule has 18 heavy (non-hydrogen) atoms. The van der Waals surface area contributed by atoms with Gasteiger partial charge < -0.3 is 10.4 Å². The number of aryl methyl sites for hydroxylation is 2. The quantitative estimate of drug-likeness (QED) is 0.860. The van der Waals surface area contributed by atoms with Crippen LogP contribution in [0.3, 0.4) is 0 Å². The molecule has 0 spiro atoms. The van der Waals surface area contributed by atoms with Crippen LogP contribution in [-0.2, 0) is 13.7 Å². The molecule has 0 fully saturated rings. The Balaban J connectivity index is 2.20. The Morgan fingerprint density at radius 3 is 2.78 bits per heavy atom. The third-order valence-electron chi connectivity index (χ3n) is 2.78. The number of aromatic nitrogens is 2. The van der Waals surface area contributed by atoms with Gasteiger partial charge in [-0.2, -0.15) is 5.10 Å². The SMILES string of the molecule is Cc1cc(CO)ccc1NC(=O)c1ccnn1C. The molecule has 0 aliphatic carbocycles. The third-order valence-corrected chi connectivity index (χ3v) is 2.78. The molecule has 0 atom stereocenters. The van der Waals surface area contributed by atoms with Gasteiger partial charge in [-0.3, -0.25) is 9.48 Å². The number of hydrogen-bond donors (Lipinski definition) is 2. The first-order valence-corrected chi connectivity index (χ1v) is 5.61. The molecular formula is C13H15N3O2. The molecule has 2 rings (SSSR count). The Morgan fingerprint density at radius 2 is 2.22 bits per heavy atom. The van der Waals surface area contributed by atoms with E-state index in [1.54, 1.807) is 31.4 Å². The first kappa shape index (κ1) is 12.3. The standard InChI is InChI=1S/C13H15N3O2/c1-9-7-10(8-17)3-4-11(9)15-13(18)12-5-6-14-16(12)2/h3-7,17H,8H2,1-2H3,(H,15,18). The Hall–Kier alpha value is -2.14. The topological polar surface area (TPSA) is 67.2 Å². The lowest BCUT2D eigenvalue weighted by Crippen LogP contribution is -2.16. The average molecular weight is 245 g/mol. The van der Waals surface area contributed by atoms with Gasteiger partial charge in [0, 0.05) is 18.9 Å². The van der Waals surface area contributed by atoms with Gasteiger partial charge in [-0.15, -0.1) is 0 Å². The largest absolute Gasteiger partial charge is 0.392 e. The van der Waals surface area contributed by atoms with E-state index < -0.39 is 0 Å². The Morgan fingerprint density at radius 1 is 1.44 bits per heavy atom. The van der Waals surface area contributed by atoms with Crippen LogP contribution in [-0.4, -0.2) is 20.8 Å². The lowest BCUT2D eigenvalue weighted by Gasteiger charge is -2.09. The highest BCUT2D eigenvalue weighted by molar-refractivity contribution is 6.03. The van der Waals surface area contributed by atoms with E-state index in [4.69, 9.17) is 5.11 Å². The molecule has 0 aliphatic heterocycles. The summed E-state index contributed by atoms with van der Waals surface area (Å²) in [6, 6.07) is 7.08. The predicted molar refractivity (Wildman–Crippen MR) is 68.3 cm³/mol. The Kier molecular flexibility index (Phi) is 3.43. The molecule has 0 bridgehead atoms. The highest BCUT2D eigenvalue weighted by Crippen LogP contribution is 2.17. The zero-order chi connectivity index (χ0) is 13.1. The first-order chi connectivity index (χ1) is 8.61. The fraction of sp³-hybridized carbons (Fsp3) is 0.231. The minimum atomic E-state index is -0.199. The molecule has 94 valence electrons. The number of benzene rings is 1. The van der Waals surface area contributed by atoms with Crippen molar-refractivity contribution < 1.29 is 9.90 Å². The smallest absolute Gasteiger partial charge is 0.273 e. The number of rotatable bonds is 3. The second-order valence-corrected chi connectivity index (χ2v) is 4.10. The number of carbonyl (C=O) groups is 1. The fourth-order valence-corrected chi connectivity index (χ4v) is 1.75. The first-order valence-electron chi connectivity index (χ1n) is 5.61.